The molecule has 0 aliphatic rings. The number of carbonyl (C=O) groups excluding carboxylic acids is 1. The molecule has 3 aromatic carbocycles. The first-order valence-electron chi connectivity index (χ1n) is 8.80. The van der Waals surface area contributed by atoms with Crippen molar-refractivity contribution in [2.45, 2.75) is 6.61 Å². The van der Waals surface area contributed by atoms with Gasteiger partial charge in [-0.2, -0.15) is 5.10 Å². The zero-order valence-corrected chi connectivity index (χ0v) is 19.0. The smallest absolute Gasteiger partial charge is 0.271 e. The van der Waals surface area contributed by atoms with E-state index < -0.39 is 0 Å². The quantitative estimate of drug-likeness (QED) is 0.310. The highest BCUT2D eigenvalue weighted by Crippen LogP contribution is 2.35. The summed E-state index contributed by atoms with van der Waals surface area (Å²) >= 11 is 16.0. The van der Waals surface area contributed by atoms with Gasteiger partial charge in [-0.05, 0) is 64.0 Å². The average Bonchev–Trinajstić information content (AvgIpc) is 2.74. The van der Waals surface area contributed by atoms with Gasteiger partial charge in [-0.1, -0.05) is 41.4 Å². The Morgan fingerprint density at radius 1 is 1.10 bits per heavy atom. The maximum absolute atomic E-state index is 12.1. The fraction of sp³-hybridized carbons (Fsp3) is 0.0909. The molecule has 0 radical (unpaired) electrons. The van der Waals surface area contributed by atoms with Gasteiger partial charge >= 0.3 is 0 Å². The fourth-order valence-electron chi connectivity index (χ4n) is 2.53. The van der Waals surface area contributed by atoms with Crippen LogP contribution in [0.25, 0.3) is 0 Å². The first-order chi connectivity index (χ1) is 14.5. The van der Waals surface area contributed by atoms with E-state index in [0.29, 0.717) is 37.1 Å². The van der Waals surface area contributed by atoms with Crippen LogP contribution in [0.2, 0.25) is 10.0 Å². The SMILES string of the molecule is COc1ccc(C(=O)N/N=C\c2cc(Cl)c(OCc3ccccc3Cl)c(Br)c2)cc1. The molecule has 0 fully saturated rings. The fourth-order valence-corrected chi connectivity index (χ4v) is 3.71. The van der Waals surface area contributed by atoms with Crippen LogP contribution in [-0.4, -0.2) is 19.2 Å². The first kappa shape index (κ1) is 22.2. The lowest BCUT2D eigenvalue weighted by molar-refractivity contribution is 0.0955. The Balaban J connectivity index is 1.64. The van der Waals surface area contributed by atoms with Gasteiger partial charge < -0.3 is 9.47 Å². The molecule has 0 saturated heterocycles. The van der Waals surface area contributed by atoms with Crippen molar-refractivity contribution in [3.8, 4) is 11.5 Å². The molecular formula is C22H17BrCl2N2O3. The van der Waals surface area contributed by atoms with Crippen LogP contribution in [0.1, 0.15) is 21.5 Å². The number of nitrogens with zero attached hydrogens (tertiary/aromatic N) is 1. The monoisotopic (exact) mass is 506 g/mol. The number of amides is 1. The molecule has 154 valence electrons. The molecule has 0 saturated carbocycles. The molecule has 0 aliphatic heterocycles. The molecule has 3 aromatic rings. The molecule has 0 heterocycles. The van der Waals surface area contributed by atoms with Crippen molar-refractivity contribution in [2.75, 3.05) is 7.11 Å². The van der Waals surface area contributed by atoms with Gasteiger partial charge in [0.2, 0.25) is 0 Å². The van der Waals surface area contributed by atoms with Gasteiger partial charge in [0.05, 0.1) is 22.8 Å². The molecule has 3 rings (SSSR count). The lowest BCUT2D eigenvalue weighted by atomic mass is 10.2. The zero-order valence-electron chi connectivity index (χ0n) is 15.9. The normalized spacial score (nSPS) is 10.8. The van der Waals surface area contributed by atoms with Crippen LogP contribution in [0, 0.1) is 0 Å². The van der Waals surface area contributed by atoms with E-state index in [-0.39, 0.29) is 12.5 Å². The maximum atomic E-state index is 12.1. The third-order valence-electron chi connectivity index (χ3n) is 4.08. The summed E-state index contributed by atoms with van der Waals surface area (Å²) in [4.78, 5) is 12.1. The van der Waals surface area contributed by atoms with Crippen LogP contribution >= 0.6 is 39.1 Å². The summed E-state index contributed by atoms with van der Waals surface area (Å²) < 4.78 is 11.6. The number of carbonyl (C=O) groups is 1. The van der Waals surface area contributed by atoms with Crippen LogP contribution in [0.4, 0.5) is 0 Å². The summed E-state index contributed by atoms with van der Waals surface area (Å²) in [5.41, 5.74) is 4.49. The summed E-state index contributed by atoms with van der Waals surface area (Å²) in [5.74, 6) is 0.834. The summed E-state index contributed by atoms with van der Waals surface area (Å²) in [5, 5.41) is 5.01. The van der Waals surface area contributed by atoms with Crippen molar-refractivity contribution in [2.24, 2.45) is 5.10 Å². The molecule has 0 bridgehead atoms. The average molecular weight is 508 g/mol. The second-order valence-electron chi connectivity index (χ2n) is 6.12. The molecule has 0 aromatic heterocycles. The number of benzene rings is 3. The molecule has 0 atom stereocenters. The number of methoxy groups -OCH3 is 1. The van der Waals surface area contributed by atoms with Crippen molar-refractivity contribution in [1.82, 2.24) is 5.43 Å². The van der Waals surface area contributed by atoms with Gasteiger partial charge in [0.25, 0.3) is 5.91 Å². The van der Waals surface area contributed by atoms with E-state index in [1.807, 2.05) is 18.2 Å². The molecule has 8 heteroatoms. The zero-order chi connectivity index (χ0) is 21.5. The highest BCUT2D eigenvalue weighted by molar-refractivity contribution is 9.10. The summed E-state index contributed by atoms with van der Waals surface area (Å²) in [6.07, 6.45) is 1.50. The topological polar surface area (TPSA) is 59.9 Å². The van der Waals surface area contributed by atoms with Crippen LogP contribution in [0.5, 0.6) is 11.5 Å². The third-order valence-corrected chi connectivity index (χ3v) is 5.32. The van der Waals surface area contributed by atoms with Gasteiger partial charge in [0.15, 0.2) is 5.75 Å². The Morgan fingerprint density at radius 3 is 2.50 bits per heavy atom. The van der Waals surface area contributed by atoms with Crippen molar-refractivity contribution in [3.05, 3.63) is 91.9 Å². The molecule has 1 N–H and O–H groups in total. The summed E-state index contributed by atoms with van der Waals surface area (Å²) in [6, 6.07) is 17.6. The lowest BCUT2D eigenvalue weighted by Crippen LogP contribution is -2.17. The number of ether oxygens (including phenoxy) is 2. The lowest BCUT2D eigenvalue weighted by Gasteiger charge is -2.12. The van der Waals surface area contributed by atoms with Gasteiger partial charge in [-0.15, -0.1) is 0 Å². The number of hydrogen-bond donors (Lipinski definition) is 1. The molecule has 0 unspecified atom stereocenters. The minimum atomic E-state index is -0.334. The van der Waals surface area contributed by atoms with Crippen molar-refractivity contribution in [3.63, 3.8) is 0 Å². The molecule has 1 amide bonds. The second kappa shape index (κ2) is 10.5. The summed E-state index contributed by atoms with van der Waals surface area (Å²) in [6.45, 7) is 0.281. The minimum absolute atomic E-state index is 0.281. The number of nitrogens with one attached hydrogen (secondary N) is 1. The van der Waals surface area contributed by atoms with Crippen molar-refractivity contribution >= 4 is 51.3 Å². The predicted octanol–water partition coefficient (Wildman–Crippen LogP) is 6.11. The Kier molecular flexibility index (Phi) is 7.74. The van der Waals surface area contributed by atoms with Crippen LogP contribution in [-0.2, 0) is 6.61 Å². The van der Waals surface area contributed by atoms with Crippen LogP contribution in [0.15, 0.2) is 70.2 Å². The van der Waals surface area contributed by atoms with E-state index in [1.165, 1.54) is 6.21 Å². The van der Waals surface area contributed by atoms with Crippen LogP contribution in [0.3, 0.4) is 0 Å². The highest BCUT2D eigenvalue weighted by Gasteiger charge is 2.10. The molecule has 0 spiro atoms. The van der Waals surface area contributed by atoms with E-state index in [0.717, 1.165) is 5.56 Å². The predicted molar refractivity (Wildman–Crippen MR) is 123 cm³/mol. The molecular weight excluding hydrogens is 491 g/mol. The Hall–Kier alpha value is -2.54. The molecule has 5 nitrogen and oxygen atoms in total. The Labute approximate surface area is 192 Å². The third kappa shape index (κ3) is 5.75. The van der Waals surface area contributed by atoms with E-state index >= 15 is 0 Å². The van der Waals surface area contributed by atoms with E-state index in [1.54, 1.807) is 49.6 Å². The van der Waals surface area contributed by atoms with E-state index in [4.69, 9.17) is 32.7 Å². The van der Waals surface area contributed by atoms with Gasteiger partial charge in [0.1, 0.15) is 12.4 Å². The second-order valence-corrected chi connectivity index (χ2v) is 7.79. The Bertz CT molecular complexity index is 1050. The minimum Gasteiger partial charge on any atom is -0.497 e. The van der Waals surface area contributed by atoms with Gasteiger partial charge in [0, 0.05) is 16.1 Å². The first-order valence-corrected chi connectivity index (χ1v) is 10.4. The number of hydrazone groups is 1. The van der Waals surface area contributed by atoms with Gasteiger partial charge in [-0.3, -0.25) is 4.79 Å². The summed E-state index contributed by atoms with van der Waals surface area (Å²) in [7, 11) is 1.57. The van der Waals surface area contributed by atoms with Crippen LogP contribution < -0.4 is 14.9 Å². The van der Waals surface area contributed by atoms with Gasteiger partial charge in [-0.25, -0.2) is 5.43 Å². The Morgan fingerprint density at radius 2 is 1.83 bits per heavy atom. The van der Waals surface area contributed by atoms with Crippen molar-refractivity contribution in [1.29, 1.82) is 0 Å². The standard InChI is InChI=1S/C22H17BrCl2N2O3/c1-29-17-8-6-15(7-9-17)22(28)27-26-12-14-10-18(23)21(20(25)11-14)30-13-16-4-2-3-5-19(16)24/h2-12H,13H2,1H3,(H,27,28)/b26-12-. The molecule has 0 aliphatic carbocycles. The van der Waals surface area contributed by atoms with E-state index in [9.17, 15) is 4.79 Å². The maximum Gasteiger partial charge on any atom is 0.271 e. The highest BCUT2D eigenvalue weighted by atomic mass is 79.9. The largest absolute Gasteiger partial charge is 0.497 e. The number of rotatable bonds is 7. The molecule has 30 heavy (non-hydrogen) atoms. The number of halogens is 3. The number of hydrogen-bond acceptors (Lipinski definition) is 4. The van der Waals surface area contributed by atoms with E-state index in [2.05, 4.69) is 26.5 Å². The van der Waals surface area contributed by atoms with Crippen molar-refractivity contribution < 1.29 is 14.3 Å².